The molecule has 0 saturated heterocycles. The summed E-state index contributed by atoms with van der Waals surface area (Å²) in [6, 6.07) is 0. The van der Waals surface area contributed by atoms with Crippen molar-refractivity contribution >= 4 is 37.8 Å². The Morgan fingerprint density at radius 3 is 2.45 bits per heavy atom. The molecule has 9 heteroatoms. The zero-order chi connectivity index (χ0) is 15.5. The number of primary amides is 1. The second kappa shape index (κ2) is 6.42. The zero-order valence-electron chi connectivity index (χ0n) is 11.8. The van der Waals surface area contributed by atoms with E-state index < -0.39 is 15.7 Å². The average Bonchev–Trinajstić information content (AvgIpc) is 2.66. The fourth-order valence-corrected chi connectivity index (χ4v) is 4.12. The molecule has 0 aromatic carbocycles. The highest BCUT2D eigenvalue weighted by Crippen LogP contribution is 2.39. The van der Waals surface area contributed by atoms with E-state index in [0.717, 1.165) is 17.9 Å². The van der Waals surface area contributed by atoms with Crippen molar-refractivity contribution < 1.29 is 13.2 Å². The first-order chi connectivity index (χ1) is 9.20. The predicted molar refractivity (Wildman–Crippen MR) is 82.0 cm³/mol. The van der Waals surface area contributed by atoms with Crippen LogP contribution < -0.4 is 16.8 Å². The molecule has 0 unspecified atom stereocenters. The second-order valence-electron chi connectivity index (χ2n) is 4.50. The van der Waals surface area contributed by atoms with Crippen molar-refractivity contribution in [2.75, 3.05) is 44.0 Å². The minimum Gasteiger partial charge on any atom is -0.396 e. The van der Waals surface area contributed by atoms with Crippen molar-refractivity contribution in [3.63, 3.8) is 0 Å². The number of sulfone groups is 1. The number of nitrogens with zero attached hydrogens (tertiary/aromatic N) is 1. The van der Waals surface area contributed by atoms with Crippen molar-refractivity contribution in [1.29, 1.82) is 0 Å². The van der Waals surface area contributed by atoms with Gasteiger partial charge in [0.25, 0.3) is 5.91 Å². The monoisotopic (exact) mass is 320 g/mol. The molecule has 0 fully saturated rings. The van der Waals surface area contributed by atoms with Crippen molar-refractivity contribution in [3.8, 4) is 0 Å². The van der Waals surface area contributed by atoms with Gasteiger partial charge in [-0.2, -0.15) is 0 Å². The molecule has 0 atom stereocenters. The highest BCUT2D eigenvalue weighted by Gasteiger charge is 2.27. The maximum absolute atomic E-state index is 12.1. The maximum Gasteiger partial charge on any atom is 0.261 e. The van der Waals surface area contributed by atoms with E-state index in [-0.39, 0.29) is 21.2 Å². The molecule has 1 heterocycles. The Kier molecular flexibility index (Phi) is 5.37. The van der Waals surface area contributed by atoms with Gasteiger partial charge in [-0.05, 0) is 14.1 Å². The summed E-state index contributed by atoms with van der Waals surface area (Å²) in [4.78, 5) is 13.3. The number of nitrogens with one attached hydrogen (secondary N) is 1. The number of nitrogens with two attached hydrogens (primary N) is 2. The van der Waals surface area contributed by atoms with Gasteiger partial charge < -0.3 is 21.7 Å². The smallest absolute Gasteiger partial charge is 0.261 e. The molecule has 1 aromatic rings. The molecule has 1 amide bonds. The van der Waals surface area contributed by atoms with Crippen molar-refractivity contribution in [1.82, 2.24) is 4.90 Å². The number of carbonyl (C=O) groups is 1. The third kappa shape index (κ3) is 3.62. The third-order valence-electron chi connectivity index (χ3n) is 2.66. The van der Waals surface area contributed by atoms with Crippen LogP contribution in [-0.4, -0.2) is 52.2 Å². The molecule has 0 aliphatic carbocycles. The second-order valence-corrected chi connectivity index (χ2v) is 7.74. The minimum absolute atomic E-state index is 0.0162. The summed E-state index contributed by atoms with van der Waals surface area (Å²) < 4.78 is 24.2. The van der Waals surface area contributed by atoms with E-state index >= 15 is 0 Å². The van der Waals surface area contributed by atoms with E-state index in [1.807, 2.05) is 19.0 Å². The van der Waals surface area contributed by atoms with Gasteiger partial charge in [0.1, 0.15) is 14.8 Å². The van der Waals surface area contributed by atoms with Gasteiger partial charge >= 0.3 is 0 Å². The molecule has 114 valence electrons. The number of anilines is 2. The summed E-state index contributed by atoms with van der Waals surface area (Å²) >= 11 is 0.980. The van der Waals surface area contributed by atoms with Crippen LogP contribution in [0.1, 0.15) is 16.6 Å². The first-order valence-corrected chi connectivity index (χ1v) is 8.51. The zero-order valence-corrected chi connectivity index (χ0v) is 13.4. The highest BCUT2D eigenvalue weighted by atomic mass is 32.2. The predicted octanol–water partition coefficient (Wildman–Crippen LogP) is 0.196. The number of likely N-dealkylation sites (N-methyl/N-ethyl adjacent to an activating group) is 1. The first-order valence-electron chi connectivity index (χ1n) is 6.04. The molecule has 5 N–H and O–H groups in total. The molecule has 20 heavy (non-hydrogen) atoms. The Bertz CT molecular complexity index is 593. The Hall–Kier alpha value is -1.32. The topological polar surface area (TPSA) is 119 Å². The Labute approximate surface area is 122 Å². The molecule has 0 aliphatic rings. The lowest BCUT2D eigenvalue weighted by Crippen LogP contribution is -2.21. The van der Waals surface area contributed by atoms with Crippen LogP contribution in [-0.2, 0) is 9.84 Å². The van der Waals surface area contributed by atoms with Gasteiger partial charge in [-0.1, -0.05) is 6.92 Å². The van der Waals surface area contributed by atoms with Crippen LogP contribution >= 0.6 is 11.3 Å². The van der Waals surface area contributed by atoms with Gasteiger partial charge in [0.05, 0.1) is 11.4 Å². The fraction of sp³-hybridized carbons (Fsp3) is 0.545. The van der Waals surface area contributed by atoms with Crippen LogP contribution in [0.15, 0.2) is 4.90 Å². The van der Waals surface area contributed by atoms with Crippen LogP contribution in [0.5, 0.6) is 0 Å². The summed E-state index contributed by atoms with van der Waals surface area (Å²) in [5.74, 6) is -0.810. The van der Waals surface area contributed by atoms with Crippen LogP contribution in [0.2, 0.25) is 0 Å². The number of thiophene rings is 1. The molecule has 1 aromatic heterocycles. The van der Waals surface area contributed by atoms with E-state index in [4.69, 9.17) is 11.5 Å². The third-order valence-corrected chi connectivity index (χ3v) is 5.77. The van der Waals surface area contributed by atoms with Gasteiger partial charge in [0, 0.05) is 13.1 Å². The lowest BCUT2D eigenvalue weighted by atomic mass is 10.4. The molecule has 0 spiro atoms. The summed E-state index contributed by atoms with van der Waals surface area (Å²) in [5.41, 5.74) is 10.9. The Morgan fingerprint density at radius 1 is 1.40 bits per heavy atom. The number of amides is 1. The highest BCUT2D eigenvalue weighted by molar-refractivity contribution is 7.91. The van der Waals surface area contributed by atoms with Crippen molar-refractivity contribution in [2.24, 2.45) is 5.73 Å². The molecular formula is C11H20N4O3S2. The lowest BCUT2D eigenvalue weighted by Gasteiger charge is -2.11. The average molecular weight is 320 g/mol. The first kappa shape index (κ1) is 16.7. The summed E-state index contributed by atoms with van der Waals surface area (Å²) in [7, 11) is 0.290. The molecule has 0 radical (unpaired) electrons. The lowest BCUT2D eigenvalue weighted by molar-refractivity contribution is 0.100. The van der Waals surface area contributed by atoms with Crippen LogP contribution in [0.3, 0.4) is 0 Å². The van der Waals surface area contributed by atoms with Gasteiger partial charge in [-0.15, -0.1) is 11.3 Å². The SMILES string of the molecule is CCS(=O)(=O)c1c(NCCN(C)C)sc(C(N)=O)c1N. The van der Waals surface area contributed by atoms with Gasteiger partial charge in [0.2, 0.25) is 0 Å². The quantitative estimate of drug-likeness (QED) is 0.660. The standard InChI is InChI=1S/C11H20N4O3S2/c1-4-20(17,18)9-7(12)8(10(13)16)19-11(9)14-5-6-15(2)3/h14H,4-6,12H2,1-3H3,(H2,13,16). The Balaban J connectivity index is 3.21. The normalized spacial score (nSPS) is 11.8. The van der Waals surface area contributed by atoms with E-state index in [1.54, 1.807) is 0 Å². The van der Waals surface area contributed by atoms with Crippen molar-refractivity contribution in [2.45, 2.75) is 11.8 Å². The van der Waals surface area contributed by atoms with Gasteiger partial charge in [0.15, 0.2) is 9.84 Å². The molecule has 0 saturated carbocycles. The van der Waals surface area contributed by atoms with Gasteiger partial charge in [-0.25, -0.2) is 8.42 Å². The summed E-state index contributed by atoms with van der Waals surface area (Å²) in [6.45, 7) is 2.78. The molecule has 0 bridgehead atoms. The number of rotatable bonds is 7. The van der Waals surface area contributed by atoms with Crippen molar-refractivity contribution in [3.05, 3.63) is 4.88 Å². The summed E-state index contributed by atoms with van der Waals surface area (Å²) in [6.07, 6.45) is 0. The largest absolute Gasteiger partial charge is 0.396 e. The fourth-order valence-electron chi connectivity index (χ4n) is 1.57. The molecule has 7 nitrogen and oxygen atoms in total. The van der Waals surface area contributed by atoms with E-state index in [9.17, 15) is 13.2 Å². The number of nitrogen functional groups attached to an aromatic ring is 1. The molecule has 1 rings (SSSR count). The van der Waals surface area contributed by atoms with E-state index in [1.165, 1.54) is 6.92 Å². The van der Waals surface area contributed by atoms with Gasteiger partial charge in [-0.3, -0.25) is 4.79 Å². The maximum atomic E-state index is 12.1. The summed E-state index contributed by atoms with van der Waals surface area (Å²) in [5, 5.41) is 3.39. The van der Waals surface area contributed by atoms with Crippen LogP contribution in [0.4, 0.5) is 10.7 Å². The minimum atomic E-state index is -3.52. The molecule has 0 aliphatic heterocycles. The van der Waals surface area contributed by atoms with E-state index in [2.05, 4.69) is 5.32 Å². The van der Waals surface area contributed by atoms with E-state index in [0.29, 0.717) is 11.5 Å². The Morgan fingerprint density at radius 2 is 2.00 bits per heavy atom. The number of hydrogen-bond acceptors (Lipinski definition) is 7. The van der Waals surface area contributed by atoms with Crippen LogP contribution in [0.25, 0.3) is 0 Å². The molecular weight excluding hydrogens is 300 g/mol. The van der Waals surface area contributed by atoms with Crippen LogP contribution in [0, 0.1) is 0 Å². The number of hydrogen-bond donors (Lipinski definition) is 3. The number of carbonyl (C=O) groups excluding carboxylic acids is 1.